The van der Waals surface area contributed by atoms with Gasteiger partial charge in [-0.3, -0.25) is 4.79 Å². The van der Waals surface area contributed by atoms with E-state index in [2.05, 4.69) is 5.32 Å². The number of likely N-dealkylation sites (tertiary alicyclic amines) is 1. The van der Waals surface area contributed by atoms with Gasteiger partial charge in [0.15, 0.2) is 0 Å². The van der Waals surface area contributed by atoms with Crippen LogP contribution >= 0.6 is 0 Å². The lowest BCUT2D eigenvalue weighted by atomic mass is 10.0. The predicted octanol–water partition coefficient (Wildman–Crippen LogP) is 0.359. The number of nitrogens with zero attached hydrogens (tertiary/aromatic N) is 1. The summed E-state index contributed by atoms with van der Waals surface area (Å²) < 4.78 is 0. The van der Waals surface area contributed by atoms with Crippen molar-refractivity contribution < 1.29 is 9.90 Å². The molecular formula is C12H22N2O2. The number of rotatable bonds is 3. The fraction of sp³-hybridized carbons (Fsp3) is 0.917. The van der Waals surface area contributed by atoms with Crippen molar-refractivity contribution in [2.45, 2.75) is 38.2 Å². The maximum absolute atomic E-state index is 11.9. The zero-order valence-electron chi connectivity index (χ0n) is 10.0. The van der Waals surface area contributed by atoms with Gasteiger partial charge in [-0.1, -0.05) is 0 Å². The summed E-state index contributed by atoms with van der Waals surface area (Å²) in [5.41, 5.74) is -0.662. The standard InChI is InChI=1S/C12H22N2O2/c1-12(16)5-7-14(9-12)11(15)3-2-10-4-6-13-8-10/h10,13,16H,2-9H2,1H3. The van der Waals surface area contributed by atoms with E-state index in [1.807, 2.05) is 4.90 Å². The van der Waals surface area contributed by atoms with Crippen molar-refractivity contribution in [2.24, 2.45) is 5.92 Å². The predicted molar refractivity (Wildman–Crippen MR) is 62.0 cm³/mol. The van der Waals surface area contributed by atoms with Crippen LogP contribution in [0.4, 0.5) is 0 Å². The van der Waals surface area contributed by atoms with Crippen LogP contribution in [-0.4, -0.2) is 47.7 Å². The average molecular weight is 226 g/mol. The van der Waals surface area contributed by atoms with Crippen molar-refractivity contribution in [3.8, 4) is 0 Å². The second-order valence-corrected chi connectivity index (χ2v) is 5.46. The van der Waals surface area contributed by atoms with E-state index in [-0.39, 0.29) is 5.91 Å². The molecule has 4 heteroatoms. The van der Waals surface area contributed by atoms with Gasteiger partial charge in [0.2, 0.25) is 5.91 Å². The number of amides is 1. The zero-order chi connectivity index (χ0) is 11.6. The van der Waals surface area contributed by atoms with Gasteiger partial charge in [-0.2, -0.15) is 0 Å². The third-order valence-corrected chi connectivity index (χ3v) is 3.73. The minimum Gasteiger partial charge on any atom is -0.388 e. The van der Waals surface area contributed by atoms with Crippen LogP contribution in [0.3, 0.4) is 0 Å². The highest BCUT2D eigenvalue weighted by Gasteiger charge is 2.33. The highest BCUT2D eigenvalue weighted by molar-refractivity contribution is 5.76. The maximum atomic E-state index is 11.9. The van der Waals surface area contributed by atoms with Crippen LogP contribution < -0.4 is 5.32 Å². The van der Waals surface area contributed by atoms with Gasteiger partial charge in [0.25, 0.3) is 0 Å². The molecular weight excluding hydrogens is 204 g/mol. The number of carbonyl (C=O) groups excluding carboxylic acids is 1. The second kappa shape index (κ2) is 4.72. The molecule has 2 fully saturated rings. The van der Waals surface area contributed by atoms with Crippen molar-refractivity contribution in [2.75, 3.05) is 26.2 Å². The monoisotopic (exact) mass is 226 g/mol. The Balaban J connectivity index is 1.71. The van der Waals surface area contributed by atoms with Gasteiger partial charge in [0, 0.05) is 19.5 Å². The molecule has 2 N–H and O–H groups in total. The van der Waals surface area contributed by atoms with Crippen LogP contribution in [-0.2, 0) is 4.79 Å². The van der Waals surface area contributed by atoms with Crippen molar-refractivity contribution in [3.05, 3.63) is 0 Å². The summed E-state index contributed by atoms with van der Waals surface area (Å²) in [6.07, 6.45) is 3.54. The third kappa shape index (κ3) is 2.95. The van der Waals surface area contributed by atoms with E-state index in [1.165, 1.54) is 6.42 Å². The molecule has 2 unspecified atom stereocenters. The van der Waals surface area contributed by atoms with Gasteiger partial charge in [0.1, 0.15) is 0 Å². The highest BCUT2D eigenvalue weighted by Crippen LogP contribution is 2.22. The van der Waals surface area contributed by atoms with E-state index in [1.54, 1.807) is 6.92 Å². The van der Waals surface area contributed by atoms with E-state index < -0.39 is 5.60 Å². The Morgan fingerprint density at radius 1 is 1.62 bits per heavy atom. The average Bonchev–Trinajstić information content (AvgIpc) is 2.83. The summed E-state index contributed by atoms with van der Waals surface area (Å²) in [4.78, 5) is 13.7. The minimum absolute atomic E-state index is 0.213. The Morgan fingerprint density at radius 2 is 2.44 bits per heavy atom. The molecule has 2 aliphatic heterocycles. The summed E-state index contributed by atoms with van der Waals surface area (Å²) in [5, 5.41) is 13.1. The van der Waals surface area contributed by atoms with E-state index in [0.717, 1.165) is 26.1 Å². The molecule has 0 aromatic carbocycles. The zero-order valence-corrected chi connectivity index (χ0v) is 10.0. The number of aliphatic hydroxyl groups is 1. The van der Waals surface area contributed by atoms with Crippen LogP contribution in [0, 0.1) is 5.92 Å². The van der Waals surface area contributed by atoms with Gasteiger partial charge in [0.05, 0.1) is 5.60 Å². The fourth-order valence-electron chi connectivity index (χ4n) is 2.60. The minimum atomic E-state index is -0.662. The topological polar surface area (TPSA) is 52.6 Å². The van der Waals surface area contributed by atoms with Crippen molar-refractivity contribution in [3.63, 3.8) is 0 Å². The number of hydrogen-bond donors (Lipinski definition) is 2. The Labute approximate surface area is 97.0 Å². The Bertz CT molecular complexity index is 260. The molecule has 0 aliphatic carbocycles. The lowest BCUT2D eigenvalue weighted by molar-refractivity contribution is -0.131. The van der Waals surface area contributed by atoms with Crippen LogP contribution in [0.1, 0.15) is 32.6 Å². The maximum Gasteiger partial charge on any atom is 0.222 e. The normalized spacial score (nSPS) is 34.6. The van der Waals surface area contributed by atoms with E-state index in [4.69, 9.17) is 0 Å². The molecule has 16 heavy (non-hydrogen) atoms. The number of nitrogens with one attached hydrogen (secondary N) is 1. The van der Waals surface area contributed by atoms with Gasteiger partial charge < -0.3 is 15.3 Å². The molecule has 0 saturated carbocycles. The SMILES string of the molecule is CC1(O)CCN(C(=O)CCC2CCNC2)C1. The summed E-state index contributed by atoms with van der Waals surface area (Å²) in [7, 11) is 0. The molecule has 2 aliphatic rings. The molecule has 0 spiro atoms. The van der Waals surface area contributed by atoms with E-state index in [0.29, 0.717) is 25.3 Å². The first-order chi connectivity index (χ1) is 7.57. The van der Waals surface area contributed by atoms with Gasteiger partial charge in [-0.15, -0.1) is 0 Å². The van der Waals surface area contributed by atoms with Crippen LogP contribution in [0.25, 0.3) is 0 Å². The van der Waals surface area contributed by atoms with Gasteiger partial charge >= 0.3 is 0 Å². The summed E-state index contributed by atoms with van der Waals surface area (Å²) >= 11 is 0. The summed E-state index contributed by atoms with van der Waals surface area (Å²) in [6.45, 7) is 5.19. The van der Waals surface area contributed by atoms with Crippen molar-refractivity contribution >= 4 is 5.91 Å². The molecule has 0 radical (unpaired) electrons. The smallest absolute Gasteiger partial charge is 0.222 e. The quantitative estimate of drug-likeness (QED) is 0.730. The lowest BCUT2D eigenvalue weighted by Crippen LogP contribution is -2.34. The number of hydrogen-bond acceptors (Lipinski definition) is 3. The van der Waals surface area contributed by atoms with Gasteiger partial charge in [-0.25, -0.2) is 0 Å². The Hall–Kier alpha value is -0.610. The summed E-state index contributed by atoms with van der Waals surface area (Å²) in [6, 6.07) is 0. The molecule has 4 nitrogen and oxygen atoms in total. The fourth-order valence-corrected chi connectivity index (χ4v) is 2.60. The van der Waals surface area contributed by atoms with Gasteiger partial charge in [-0.05, 0) is 45.2 Å². The first kappa shape index (κ1) is 11.9. The number of β-amino-alcohol motifs (C(OH)–C–C–N with tert-alkyl or cyclic N) is 1. The lowest BCUT2D eigenvalue weighted by Gasteiger charge is -2.19. The highest BCUT2D eigenvalue weighted by atomic mass is 16.3. The molecule has 0 aromatic rings. The van der Waals surface area contributed by atoms with E-state index in [9.17, 15) is 9.90 Å². The third-order valence-electron chi connectivity index (χ3n) is 3.73. The number of carbonyl (C=O) groups is 1. The molecule has 0 aromatic heterocycles. The Kier molecular flexibility index (Phi) is 3.50. The second-order valence-electron chi connectivity index (χ2n) is 5.46. The molecule has 2 heterocycles. The van der Waals surface area contributed by atoms with Crippen molar-refractivity contribution in [1.29, 1.82) is 0 Å². The first-order valence-corrected chi connectivity index (χ1v) is 6.28. The largest absolute Gasteiger partial charge is 0.388 e. The molecule has 2 rings (SSSR count). The Morgan fingerprint density at radius 3 is 3.00 bits per heavy atom. The summed E-state index contributed by atoms with van der Waals surface area (Å²) in [5.74, 6) is 0.886. The first-order valence-electron chi connectivity index (χ1n) is 6.28. The van der Waals surface area contributed by atoms with Crippen LogP contribution in [0.15, 0.2) is 0 Å². The molecule has 0 bridgehead atoms. The molecule has 1 amide bonds. The van der Waals surface area contributed by atoms with Crippen molar-refractivity contribution in [1.82, 2.24) is 10.2 Å². The molecule has 92 valence electrons. The van der Waals surface area contributed by atoms with Crippen LogP contribution in [0.2, 0.25) is 0 Å². The van der Waals surface area contributed by atoms with Crippen LogP contribution in [0.5, 0.6) is 0 Å². The molecule has 2 saturated heterocycles. The van der Waals surface area contributed by atoms with E-state index >= 15 is 0 Å². The molecule has 2 atom stereocenters.